The number of halogens is 2. The van der Waals surface area contributed by atoms with Gasteiger partial charge in [-0.1, -0.05) is 5.16 Å². The molecule has 0 bridgehead atoms. The molecular formula is C5H10Cl2N2OPt. The van der Waals surface area contributed by atoms with E-state index in [0.717, 1.165) is 11.5 Å². The number of aryl methyl sites for hydroxylation is 2. The van der Waals surface area contributed by atoms with Gasteiger partial charge < -0.3 is 10.7 Å². The molecule has 1 aromatic heterocycles. The third kappa shape index (κ3) is 8.34. The van der Waals surface area contributed by atoms with Crippen LogP contribution in [0.4, 0.5) is 0 Å². The number of hydrogen-bond acceptors (Lipinski definition) is 3. The summed E-state index contributed by atoms with van der Waals surface area (Å²) in [5.74, 6) is 0.873. The number of aromatic nitrogens is 1. The predicted molar refractivity (Wildman–Crippen MR) is 42.7 cm³/mol. The molecule has 0 atom stereocenters. The molecule has 1 heterocycles. The van der Waals surface area contributed by atoms with E-state index in [4.69, 9.17) is 23.4 Å². The van der Waals surface area contributed by atoms with Gasteiger partial charge in [-0.3, -0.25) is 0 Å². The summed E-state index contributed by atoms with van der Waals surface area (Å²) in [5, 5.41) is 3.64. The summed E-state index contributed by atoms with van der Waals surface area (Å²) in [6.07, 6.45) is 0. The zero-order valence-electron chi connectivity index (χ0n) is 6.21. The second kappa shape index (κ2) is 8.53. The molecule has 11 heavy (non-hydrogen) atoms. The summed E-state index contributed by atoms with van der Waals surface area (Å²) in [6, 6.07) is 1.89. The molecule has 0 aliphatic heterocycles. The Morgan fingerprint density at radius 1 is 1.45 bits per heavy atom. The van der Waals surface area contributed by atoms with Crippen LogP contribution < -0.4 is 6.15 Å². The van der Waals surface area contributed by atoms with Gasteiger partial charge in [-0.05, 0) is 13.8 Å². The molecule has 0 radical (unpaired) electrons. The Labute approximate surface area is 82.4 Å². The molecule has 1 rings (SSSR count). The fourth-order valence-corrected chi connectivity index (χ4v) is 0.491. The van der Waals surface area contributed by atoms with Gasteiger partial charge in [0.15, 0.2) is 0 Å². The van der Waals surface area contributed by atoms with Gasteiger partial charge in [-0.2, -0.15) is 0 Å². The Bertz CT molecular complexity index is 166. The molecule has 3 N–H and O–H groups in total. The number of hydrogen-bond donors (Lipinski definition) is 1. The van der Waals surface area contributed by atoms with Gasteiger partial charge in [-0.15, -0.1) is 0 Å². The van der Waals surface area contributed by atoms with Crippen LogP contribution in [0.1, 0.15) is 11.5 Å². The first kappa shape index (κ1) is 14.0. The van der Waals surface area contributed by atoms with Crippen molar-refractivity contribution in [2.45, 2.75) is 13.8 Å². The van der Waals surface area contributed by atoms with Crippen molar-refractivity contribution in [3.8, 4) is 0 Å². The first-order valence-electron chi connectivity index (χ1n) is 2.43. The summed E-state index contributed by atoms with van der Waals surface area (Å²) in [4.78, 5) is 0. The molecule has 1 aromatic rings. The average Bonchev–Trinajstić information content (AvgIpc) is 2.17. The second-order valence-electron chi connectivity index (χ2n) is 1.62. The fourth-order valence-electron chi connectivity index (χ4n) is 0.491. The molecule has 3 nitrogen and oxygen atoms in total. The van der Waals surface area contributed by atoms with Gasteiger partial charge >= 0.3 is 35.3 Å². The van der Waals surface area contributed by atoms with Gasteiger partial charge in [0.25, 0.3) is 0 Å². The molecule has 0 unspecified atom stereocenters. The molecule has 70 valence electrons. The molecule has 6 heteroatoms. The van der Waals surface area contributed by atoms with E-state index in [1.165, 1.54) is 0 Å². The topological polar surface area (TPSA) is 61.0 Å². The molecule has 0 aliphatic carbocycles. The van der Waals surface area contributed by atoms with Crippen molar-refractivity contribution in [3.05, 3.63) is 17.5 Å². The van der Waals surface area contributed by atoms with Gasteiger partial charge in [0, 0.05) is 6.07 Å². The molecule has 0 aliphatic rings. The quantitative estimate of drug-likeness (QED) is 0.753. The van der Waals surface area contributed by atoms with Crippen LogP contribution in [0.5, 0.6) is 0 Å². The van der Waals surface area contributed by atoms with E-state index in [0.29, 0.717) is 0 Å². The minimum atomic E-state index is -0.472. The van der Waals surface area contributed by atoms with Crippen LogP contribution in [0.25, 0.3) is 0 Å². The Morgan fingerprint density at radius 2 is 1.91 bits per heavy atom. The van der Waals surface area contributed by atoms with Crippen molar-refractivity contribution in [3.63, 3.8) is 0 Å². The van der Waals surface area contributed by atoms with E-state index in [2.05, 4.69) is 5.16 Å². The maximum atomic E-state index is 4.88. The second-order valence-corrected chi connectivity index (χ2v) is 4.91. The van der Waals surface area contributed by atoms with E-state index < -0.39 is 16.5 Å². The van der Waals surface area contributed by atoms with Crippen molar-refractivity contribution in [1.82, 2.24) is 11.3 Å². The molecule has 0 amide bonds. The van der Waals surface area contributed by atoms with Gasteiger partial charge in [0.05, 0.1) is 5.69 Å². The molecule has 0 aromatic carbocycles. The van der Waals surface area contributed by atoms with Crippen LogP contribution in [0.15, 0.2) is 10.6 Å². The van der Waals surface area contributed by atoms with Crippen molar-refractivity contribution in [2.24, 2.45) is 0 Å². The van der Waals surface area contributed by atoms with Gasteiger partial charge in [0.1, 0.15) is 5.76 Å². The summed E-state index contributed by atoms with van der Waals surface area (Å²) in [7, 11) is 9.75. The SMILES string of the molecule is Cc1cc(C)on1.N.[Cl][Pt][Cl]. The van der Waals surface area contributed by atoms with Crippen LogP contribution >= 0.6 is 18.8 Å². The van der Waals surface area contributed by atoms with Crippen LogP contribution in [0.2, 0.25) is 0 Å². The monoisotopic (exact) mass is 379 g/mol. The van der Waals surface area contributed by atoms with E-state index in [1.54, 1.807) is 0 Å². The zero-order chi connectivity index (χ0) is 7.98. The fraction of sp³-hybridized carbons (Fsp3) is 0.400. The van der Waals surface area contributed by atoms with E-state index in [1.807, 2.05) is 19.9 Å². The zero-order valence-corrected chi connectivity index (χ0v) is 10.00. The third-order valence-electron chi connectivity index (χ3n) is 0.746. The van der Waals surface area contributed by atoms with Crippen molar-refractivity contribution in [2.75, 3.05) is 0 Å². The van der Waals surface area contributed by atoms with Crippen molar-refractivity contribution >= 4 is 18.8 Å². The number of rotatable bonds is 0. The molecule has 0 saturated carbocycles. The van der Waals surface area contributed by atoms with E-state index in [9.17, 15) is 0 Å². The molecular weight excluding hydrogens is 370 g/mol. The molecule has 0 fully saturated rings. The van der Waals surface area contributed by atoms with E-state index >= 15 is 0 Å². The van der Waals surface area contributed by atoms with Gasteiger partial charge in [-0.25, -0.2) is 0 Å². The standard InChI is InChI=1S/C5H7NO.2ClH.H3N.Pt/c1-4-3-5(2)7-6-4;;;;/h3H,1-2H3;2*1H;1H3;/q;;;;+2/p-2. The maximum absolute atomic E-state index is 4.88. The Kier molecular flexibility index (Phi) is 10.9. The van der Waals surface area contributed by atoms with Crippen molar-refractivity contribution < 1.29 is 21.0 Å². The normalized spacial score (nSPS) is 8.00. The summed E-state index contributed by atoms with van der Waals surface area (Å²) < 4.78 is 4.71. The van der Waals surface area contributed by atoms with Crippen molar-refractivity contribution in [1.29, 1.82) is 0 Å². The van der Waals surface area contributed by atoms with Gasteiger partial charge in [0.2, 0.25) is 0 Å². The third-order valence-corrected chi connectivity index (χ3v) is 0.746. The van der Waals surface area contributed by atoms with Crippen LogP contribution in [-0.2, 0) is 16.5 Å². The van der Waals surface area contributed by atoms with Crippen LogP contribution in [0, 0.1) is 13.8 Å². The van der Waals surface area contributed by atoms with Crippen LogP contribution in [-0.4, -0.2) is 5.16 Å². The summed E-state index contributed by atoms with van der Waals surface area (Å²) >= 11 is -0.472. The molecule has 0 spiro atoms. The first-order chi connectivity index (χ1) is 4.70. The Hall–Kier alpha value is 0.438. The van der Waals surface area contributed by atoms with E-state index in [-0.39, 0.29) is 6.15 Å². The number of nitrogens with zero attached hydrogens (tertiary/aromatic N) is 1. The predicted octanol–water partition coefficient (Wildman–Crippen LogP) is 2.83. The Balaban J connectivity index is 0. The average molecular weight is 380 g/mol. The summed E-state index contributed by atoms with van der Waals surface area (Å²) in [6.45, 7) is 3.77. The Morgan fingerprint density at radius 3 is 2.00 bits per heavy atom. The minimum absolute atomic E-state index is 0. The molecule has 0 saturated heterocycles. The summed E-state index contributed by atoms with van der Waals surface area (Å²) in [5.41, 5.74) is 0.942. The first-order valence-corrected chi connectivity index (χ1v) is 8.06. The van der Waals surface area contributed by atoms with Crippen LogP contribution in [0.3, 0.4) is 0 Å².